The molecule has 43 heavy (non-hydrogen) atoms. The molecule has 3 heterocycles. The summed E-state index contributed by atoms with van der Waals surface area (Å²) in [6.45, 7) is 7.07. The number of benzene rings is 1. The van der Waals surface area contributed by atoms with Gasteiger partial charge in [0.2, 0.25) is 11.8 Å². The quantitative estimate of drug-likeness (QED) is 0.458. The monoisotopic (exact) mass is 600 g/mol. The highest BCUT2D eigenvalue weighted by Gasteiger charge is 2.52. The first-order valence-corrected chi connectivity index (χ1v) is 15.7. The Labute approximate surface area is 254 Å². The number of carbonyl (C=O) groups is 3. The highest BCUT2D eigenvalue weighted by Crippen LogP contribution is 2.37. The average molecular weight is 601 g/mol. The Morgan fingerprint density at radius 2 is 1.74 bits per heavy atom. The zero-order valence-electron chi connectivity index (χ0n) is 26.2. The highest BCUT2D eigenvalue weighted by atomic mass is 16.7. The summed E-state index contributed by atoms with van der Waals surface area (Å²) in [4.78, 5) is 45.6. The number of rotatable bonds is 7. The van der Waals surface area contributed by atoms with E-state index < -0.39 is 29.6 Å². The zero-order valence-corrected chi connectivity index (χ0v) is 26.2. The van der Waals surface area contributed by atoms with Crippen molar-refractivity contribution in [1.29, 1.82) is 0 Å². The Morgan fingerprint density at radius 1 is 1.02 bits per heavy atom. The predicted octanol–water partition coefficient (Wildman–Crippen LogP) is 3.37. The maximum atomic E-state index is 14.6. The minimum atomic E-state index is -0.804. The number of hydrogen-bond acceptors (Lipinski definition) is 8. The van der Waals surface area contributed by atoms with Crippen LogP contribution < -0.4 is 15.4 Å². The molecule has 1 aromatic carbocycles. The lowest BCUT2D eigenvalue weighted by Crippen LogP contribution is -2.66. The molecule has 0 bridgehead atoms. The number of ether oxygens (including phenoxy) is 4. The van der Waals surface area contributed by atoms with Crippen LogP contribution >= 0.6 is 0 Å². The normalized spacial score (nSPS) is 26.4. The molecule has 3 fully saturated rings. The van der Waals surface area contributed by atoms with Crippen LogP contribution in [0.1, 0.15) is 77.3 Å². The third-order valence-corrected chi connectivity index (χ3v) is 9.36. The van der Waals surface area contributed by atoms with Crippen molar-refractivity contribution in [2.75, 3.05) is 40.5 Å². The van der Waals surface area contributed by atoms with Crippen molar-refractivity contribution in [3.05, 3.63) is 29.8 Å². The lowest BCUT2D eigenvalue weighted by Gasteiger charge is -2.45. The van der Waals surface area contributed by atoms with Crippen molar-refractivity contribution in [3.8, 4) is 5.75 Å². The molecule has 5 rings (SSSR count). The minimum Gasteiger partial charge on any atom is -0.493 e. The van der Waals surface area contributed by atoms with E-state index in [0.717, 1.165) is 43.4 Å². The maximum absolute atomic E-state index is 14.6. The van der Waals surface area contributed by atoms with Gasteiger partial charge in [0.15, 0.2) is 5.79 Å². The van der Waals surface area contributed by atoms with E-state index >= 15 is 0 Å². The van der Waals surface area contributed by atoms with Gasteiger partial charge in [-0.2, -0.15) is 0 Å². The van der Waals surface area contributed by atoms with Gasteiger partial charge >= 0.3 is 6.09 Å². The van der Waals surface area contributed by atoms with Gasteiger partial charge < -0.3 is 34.5 Å². The van der Waals surface area contributed by atoms with Gasteiger partial charge in [0.05, 0.1) is 19.2 Å². The lowest BCUT2D eigenvalue weighted by atomic mass is 9.83. The van der Waals surface area contributed by atoms with Gasteiger partial charge in [-0.15, -0.1) is 0 Å². The van der Waals surface area contributed by atoms with Crippen molar-refractivity contribution in [3.63, 3.8) is 0 Å². The Morgan fingerprint density at radius 3 is 2.44 bits per heavy atom. The predicted molar refractivity (Wildman–Crippen MR) is 159 cm³/mol. The second kappa shape index (κ2) is 13.0. The highest BCUT2D eigenvalue weighted by molar-refractivity contribution is 5.92. The molecule has 1 aliphatic carbocycles. The van der Waals surface area contributed by atoms with Crippen molar-refractivity contribution >= 4 is 17.9 Å². The fourth-order valence-corrected chi connectivity index (χ4v) is 7.13. The Bertz CT molecular complexity index is 1160. The number of fused-ring (bicyclic) bond motifs is 2. The molecule has 238 valence electrons. The molecule has 3 amide bonds. The van der Waals surface area contributed by atoms with Crippen LogP contribution in [0.5, 0.6) is 5.75 Å². The number of piperazine rings is 1. The van der Waals surface area contributed by atoms with Crippen molar-refractivity contribution in [2.24, 2.45) is 5.92 Å². The number of nitrogens with zero attached hydrogens (tertiary/aromatic N) is 2. The van der Waals surface area contributed by atoms with E-state index in [-0.39, 0.29) is 29.8 Å². The van der Waals surface area contributed by atoms with E-state index in [4.69, 9.17) is 18.9 Å². The number of amides is 3. The Kier molecular flexibility index (Phi) is 9.53. The van der Waals surface area contributed by atoms with Crippen LogP contribution in [0.4, 0.5) is 4.79 Å². The average Bonchev–Trinajstić information content (AvgIpc) is 3.37. The molecule has 11 nitrogen and oxygen atoms in total. The molecule has 1 saturated carbocycles. The first-order chi connectivity index (χ1) is 20.5. The fourth-order valence-electron chi connectivity index (χ4n) is 7.13. The van der Waals surface area contributed by atoms with E-state index in [1.165, 1.54) is 0 Å². The number of para-hydroxylation sites is 1. The first-order valence-electron chi connectivity index (χ1n) is 15.7. The summed E-state index contributed by atoms with van der Waals surface area (Å²) in [5.41, 5.74) is 0.227. The first kappa shape index (κ1) is 31.5. The summed E-state index contributed by atoms with van der Waals surface area (Å²) < 4.78 is 22.9. The molecule has 1 aromatic rings. The van der Waals surface area contributed by atoms with Gasteiger partial charge in [0, 0.05) is 51.8 Å². The molecule has 2 saturated heterocycles. The third kappa shape index (κ3) is 7.10. The van der Waals surface area contributed by atoms with Gasteiger partial charge in [0.25, 0.3) is 0 Å². The fraction of sp³-hybridized carbons (Fsp3) is 0.719. The Hall–Kier alpha value is -2.89. The number of methoxy groups -OCH3 is 2. The number of nitrogens with one attached hydrogen (secondary N) is 2. The zero-order chi connectivity index (χ0) is 30.8. The molecular weight excluding hydrogens is 552 g/mol. The van der Waals surface area contributed by atoms with Gasteiger partial charge in [-0.1, -0.05) is 37.5 Å². The van der Waals surface area contributed by atoms with E-state index in [1.54, 1.807) is 39.9 Å². The standard InChI is InChI=1S/C32H48N4O7/c1-31(2,3)43-30(39)34-27(21-11-7-6-8-12-21)29(38)36-18-22-17-32(40-4,41-5)20-35(22)19-25(36)28(37)33-24-15-16-42-26-14-10-9-13-23(24)26/h9-10,13-14,21-22,24-25,27H,6-8,11-12,15-20H2,1-5H3,(H,33,37)(H,34,39)/t22-,24-,25+,27+/m1/s1. The van der Waals surface area contributed by atoms with Crippen LogP contribution in [0, 0.1) is 5.92 Å². The minimum absolute atomic E-state index is 0.0292. The third-order valence-electron chi connectivity index (χ3n) is 9.36. The molecule has 4 atom stereocenters. The summed E-state index contributed by atoms with van der Waals surface area (Å²) in [5, 5.41) is 6.16. The topological polar surface area (TPSA) is 119 Å². The number of hydrogen-bond donors (Lipinski definition) is 2. The smallest absolute Gasteiger partial charge is 0.408 e. The number of alkyl carbamates (subject to hydrolysis) is 1. The summed E-state index contributed by atoms with van der Waals surface area (Å²) in [7, 11) is 3.25. The summed E-state index contributed by atoms with van der Waals surface area (Å²) >= 11 is 0. The Balaban J connectivity index is 1.42. The summed E-state index contributed by atoms with van der Waals surface area (Å²) in [6.07, 6.45) is 5.36. The van der Waals surface area contributed by atoms with Gasteiger partial charge in [-0.25, -0.2) is 4.79 Å². The SMILES string of the molecule is COC1(OC)C[C@@H]2CN(C(=O)[C@@H](NC(=O)OC(C)(C)C)C3CCCCC3)[C@H](C(=O)N[C@@H]3CCOc4ccccc43)CN2C1. The molecular formula is C32H48N4O7. The molecule has 0 aromatic heterocycles. The lowest BCUT2D eigenvalue weighted by molar-refractivity contribution is -0.196. The second-order valence-corrected chi connectivity index (χ2v) is 13.4. The van der Waals surface area contributed by atoms with Crippen molar-refractivity contribution in [1.82, 2.24) is 20.4 Å². The van der Waals surface area contributed by atoms with Crippen molar-refractivity contribution < 1.29 is 33.3 Å². The van der Waals surface area contributed by atoms with Crippen LogP contribution in [0.2, 0.25) is 0 Å². The molecule has 2 N–H and O–H groups in total. The molecule has 4 aliphatic rings. The maximum Gasteiger partial charge on any atom is 0.408 e. The van der Waals surface area contributed by atoms with E-state index in [1.807, 2.05) is 24.3 Å². The van der Waals surface area contributed by atoms with Crippen molar-refractivity contribution in [2.45, 2.75) is 101 Å². The van der Waals surface area contributed by atoms with Crippen LogP contribution in [0.15, 0.2) is 24.3 Å². The van der Waals surface area contributed by atoms with Crippen LogP contribution in [-0.4, -0.2) is 97.7 Å². The van der Waals surface area contributed by atoms with Gasteiger partial charge in [-0.05, 0) is 45.6 Å². The van der Waals surface area contributed by atoms with Crippen LogP contribution in [0.25, 0.3) is 0 Å². The largest absolute Gasteiger partial charge is 0.493 e. The summed E-state index contributed by atoms with van der Waals surface area (Å²) in [5.74, 6) is -0.530. The van der Waals surface area contributed by atoms with Gasteiger partial charge in [-0.3, -0.25) is 14.5 Å². The number of carbonyl (C=O) groups excluding carboxylic acids is 3. The molecule has 0 unspecified atom stereocenters. The van der Waals surface area contributed by atoms with E-state index in [0.29, 0.717) is 39.1 Å². The molecule has 3 aliphatic heterocycles. The van der Waals surface area contributed by atoms with Crippen LogP contribution in [0.3, 0.4) is 0 Å². The van der Waals surface area contributed by atoms with Crippen LogP contribution in [-0.2, 0) is 23.8 Å². The molecule has 0 spiro atoms. The summed E-state index contributed by atoms with van der Waals surface area (Å²) in [6, 6.07) is 5.91. The van der Waals surface area contributed by atoms with E-state index in [9.17, 15) is 14.4 Å². The molecule has 0 radical (unpaired) electrons. The second-order valence-electron chi connectivity index (χ2n) is 13.4. The molecule has 11 heteroatoms. The van der Waals surface area contributed by atoms with Gasteiger partial charge in [0.1, 0.15) is 23.4 Å². The van der Waals surface area contributed by atoms with E-state index in [2.05, 4.69) is 15.5 Å².